The van der Waals surface area contributed by atoms with Gasteiger partial charge >= 0.3 is 14.5 Å². The van der Waals surface area contributed by atoms with Gasteiger partial charge < -0.3 is 8.53 Å². The smallest absolute Gasteiger partial charge is 0.463 e. The lowest BCUT2D eigenvalue weighted by Crippen LogP contribution is -2.31. The van der Waals surface area contributed by atoms with E-state index in [0.717, 1.165) is 6.42 Å². The summed E-state index contributed by atoms with van der Waals surface area (Å²) < 4.78 is 13.1. The van der Waals surface area contributed by atoms with Gasteiger partial charge in [0.25, 0.3) is 0 Å². The molecule has 0 aliphatic rings. The highest BCUT2D eigenvalue weighted by Crippen LogP contribution is 2.25. The van der Waals surface area contributed by atoms with Crippen LogP contribution in [0.1, 0.15) is 91.7 Å². The summed E-state index contributed by atoms with van der Waals surface area (Å²) in [6.07, 6.45) is 7.52. The van der Waals surface area contributed by atoms with E-state index in [9.17, 15) is 0 Å². The summed E-state index contributed by atoms with van der Waals surface area (Å²) in [6, 6.07) is 10.5. The Bertz CT molecular complexity index is 451. The standard InChI is InChI=1S/C16H25O2.2C4H9.Al/c1-3-4-5-6-10-13-16(17)18-14(2)15-11-8-7-9-12-15;2*1-4(2)3;/h7-9,11-12,14,16H,3-6,10,13H2,1-2H3;2*4H,1H2,2-3H3;/q-1;;;+1. The summed E-state index contributed by atoms with van der Waals surface area (Å²) in [7, 11) is 0. The van der Waals surface area contributed by atoms with Crippen LogP contribution in [-0.4, -0.2) is 20.8 Å². The predicted molar refractivity (Wildman–Crippen MR) is 119 cm³/mol. The van der Waals surface area contributed by atoms with Crippen molar-refractivity contribution in [3.63, 3.8) is 0 Å². The molecule has 0 saturated heterocycles. The second kappa shape index (κ2) is 14.6. The highest BCUT2D eigenvalue weighted by Gasteiger charge is 2.28. The van der Waals surface area contributed by atoms with Gasteiger partial charge in [-0.15, -0.1) is 0 Å². The minimum Gasteiger partial charge on any atom is -0.478 e. The number of hydrogen-bond acceptors (Lipinski definition) is 2. The Morgan fingerprint density at radius 3 is 1.96 bits per heavy atom. The fraction of sp³-hybridized carbons (Fsp3) is 0.750. The molecule has 0 spiro atoms. The van der Waals surface area contributed by atoms with Crippen molar-refractivity contribution < 1.29 is 8.53 Å². The Labute approximate surface area is 173 Å². The first-order valence-electron chi connectivity index (χ1n) is 11.3. The molecule has 0 N–H and O–H groups in total. The van der Waals surface area contributed by atoms with Crippen LogP contribution in [0, 0.1) is 11.8 Å². The van der Waals surface area contributed by atoms with Crippen molar-refractivity contribution in [3.05, 3.63) is 35.9 Å². The van der Waals surface area contributed by atoms with E-state index in [2.05, 4.69) is 71.9 Å². The molecule has 2 atom stereocenters. The minimum atomic E-state index is -1.25. The Morgan fingerprint density at radius 1 is 0.815 bits per heavy atom. The molecule has 2 nitrogen and oxygen atoms in total. The van der Waals surface area contributed by atoms with Gasteiger partial charge in [0.15, 0.2) is 0 Å². The SMILES string of the molecule is CCCCCCCC(OC(C)c1ccccc1)[O][Al]([CH2]C(C)C)[CH2]C(C)C. The Morgan fingerprint density at radius 2 is 1.41 bits per heavy atom. The monoisotopic (exact) mass is 390 g/mol. The van der Waals surface area contributed by atoms with E-state index in [1.54, 1.807) is 0 Å². The number of benzene rings is 1. The van der Waals surface area contributed by atoms with Gasteiger partial charge in [0.1, 0.15) is 6.29 Å². The summed E-state index contributed by atoms with van der Waals surface area (Å²) in [4.78, 5) is 0. The fourth-order valence-electron chi connectivity index (χ4n) is 3.59. The molecule has 27 heavy (non-hydrogen) atoms. The summed E-state index contributed by atoms with van der Waals surface area (Å²) in [6.45, 7) is 13.7. The summed E-state index contributed by atoms with van der Waals surface area (Å²) in [5, 5.41) is 2.49. The van der Waals surface area contributed by atoms with Crippen LogP contribution in [0.15, 0.2) is 30.3 Å². The van der Waals surface area contributed by atoms with Crippen LogP contribution in [0.25, 0.3) is 0 Å². The van der Waals surface area contributed by atoms with Gasteiger partial charge in [0, 0.05) is 0 Å². The second-order valence-corrected chi connectivity index (χ2v) is 11.3. The number of hydrogen-bond donors (Lipinski definition) is 0. The molecule has 0 heterocycles. The summed E-state index contributed by atoms with van der Waals surface area (Å²) in [5.41, 5.74) is 1.24. The van der Waals surface area contributed by atoms with E-state index in [0.29, 0.717) is 11.8 Å². The molecule has 0 radical (unpaired) electrons. The third kappa shape index (κ3) is 12.0. The van der Waals surface area contributed by atoms with Gasteiger partial charge in [-0.2, -0.15) is 0 Å². The zero-order valence-electron chi connectivity index (χ0n) is 18.7. The van der Waals surface area contributed by atoms with E-state index in [-0.39, 0.29) is 12.4 Å². The Hall–Kier alpha value is -0.328. The third-order valence-electron chi connectivity index (χ3n) is 4.98. The zero-order chi connectivity index (χ0) is 20.1. The van der Waals surface area contributed by atoms with E-state index < -0.39 is 14.5 Å². The largest absolute Gasteiger partial charge is 0.478 e. The first-order chi connectivity index (χ1) is 12.9. The van der Waals surface area contributed by atoms with Crippen LogP contribution in [0.2, 0.25) is 10.6 Å². The molecule has 3 heteroatoms. The highest BCUT2D eigenvalue weighted by atomic mass is 27.2. The molecule has 2 unspecified atom stereocenters. The maximum Gasteiger partial charge on any atom is 0.463 e. The quantitative estimate of drug-likeness (QED) is 0.173. The molecule has 0 saturated carbocycles. The van der Waals surface area contributed by atoms with Crippen LogP contribution in [0.3, 0.4) is 0 Å². The van der Waals surface area contributed by atoms with Gasteiger partial charge in [0.05, 0.1) is 6.10 Å². The zero-order valence-corrected chi connectivity index (χ0v) is 19.9. The highest BCUT2D eigenvalue weighted by molar-refractivity contribution is 6.52. The summed E-state index contributed by atoms with van der Waals surface area (Å²) >= 11 is -1.25. The molecule has 0 amide bonds. The topological polar surface area (TPSA) is 18.5 Å². The normalized spacial score (nSPS) is 13.9. The lowest BCUT2D eigenvalue weighted by Gasteiger charge is -2.28. The van der Waals surface area contributed by atoms with Crippen molar-refractivity contribution >= 4 is 14.5 Å². The van der Waals surface area contributed by atoms with E-state index >= 15 is 0 Å². The van der Waals surface area contributed by atoms with Crippen molar-refractivity contribution in [3.8, 4) is 0 Å². The van der Waals surface area contributed by atoms with Crippen molar-refractivity contribution in [1.82, 2.24) is 0 Å². The van der Waals surface area contributed by atoms with E-state index in [1.165, 1.54) is 48.2 Å². The Balaban J connectivity index is 2.69. The molecule has 0 aromatic heterocycles. The van der Waals surface area contributed by atoms with E-state index in [1.807, 2.05) is 0 Å². The van der Waals surface area contributed by atoms with Crippen molar-refractivity contribution in [1.29, 1.82) is 0 Å². The predicted octanol–water partition coefficient (Wildman–Crippen LogP) is 7.77. The molecule has 1 rings (SSSR count). The van der Waals surface area contributed by atoms with Gasteiger partial charge in [-0.3, -0.25) is 0 Å². The van der Waals surface area contributed by atoms with Crippen molar-refractivity contribution in [2.24, 2.45) is 11.8 Å². The van der Waals surface area contributed by atoms with Crippen LogP contribution >= 0.6 is 0 Å². The Kier molecular flexibility index (Phi) is 13.4. The van der Waals surface area contributed by atoms with Crippen LogP contribution in [-0.2, 0) is 8.53 Å². The number of rotatable bonds is 15. The number of ether oxygens (including phenoxy) is 1. The molecule has 0 aliphatic carbocycles. The molecular formula is C24H43AlO2. The molecular weight excluding hydrogens is 347 g/mol. The van der Waals surface area contributed by atoms with Gasteiger partial charge in [-0.25, -0.2) is 0 Å². The molecule has 1 aromatic rings. The van der Waals surface area contributed by atoms with E-state index in [4.69, 9.17) is 8.53 Å². The van der Waals surface area contributed by atoms with Gasteiger partial charge in [-0.1, -0.05) is 113 Å². The van der Waals surface area contributed by atoms with Gasteiger partial charge in [-0.05, 0) is 25.3 Å². The second-order valence-electron chi connectivity index (χ2n) is 8.84. The lowest BCUT2D eigenvalue weighted by atomic mass is 10.1. The maximum absolute atomic E-state index is 6.69. The van der Waals surface area contributed by atoms with Crippen LogP contribution in [0.4, 0.5) is 0 Å². The first-order valence-corrected chi connectivity index (χ1v) is 13.4. The molecule has 0 fully saturated rings. The fourth-order valence-corrected chi connectivity index (χ4v) is 6.73. The minimum absolute atomic E-state index is 0.0454. The van der Waals surface area contributed by atoms with Gasteiger partial charge in [0.2, 0.25) is 0 Å². The van der Waals surface area contributed by atoms with Crippen LogP contribution < -0.4 is 0 Å². The first kappa shape index (κ1) is 24.7. The lowest BCUT2D eigenvalue weighted by molar-refractivity contribution is -0.123. The maximum atomic E-state index is 6.69. The molecule has 1 aromatic carbocycles. The molecule has 154 valence electrons. The molecule has 0 bridgehead atoms. The van der Waals surface area contributed by atoms with Crippen molar-refractivity contribution in [2.75, 3.05) is 0 Å². The average molecular weight is 391 g/mol. The third-order valence-corrected chi connectivity index (χ3v) is 8.61. The van der Waals surface area contributed by atoms with Crippen LogP contribution in [0.5, 0.6) is 0 Å². The van der Waals surface area contributed by atoms with Crippen molar-refractivity contribution in [2.45, 2.75) is 103 Å². The molecule has 0 aliphatic heterocycles. The average Bonchev–Trinajstić information content (AvgIpc) is 2.61. The summed E-state index contributed by atoms with van der Waals surface area (Å²) in [5.74, 6) is 1.41. The number of unbranched alkanes of at least 4 members (excludes halogenated alkanes) is 4.